The number of nitriles is 1. The van der Waals surface area contributed by atoms with E-state index in [4.69, 9.17) is 19.4 Å². The molecule has 2 aliphatic rings. The number of methoxy groups -OCH3 is 1. The first-order chi connectivity index (χ1) is 17.2. The van der Waals surface area contributed by atoms with Crippen LogP contribution in [0.3, 0.4) is 0 Å². The Kier molecular flexibility index (Phi) is 6.64. The Morgan fingerprint density at radius 1 is 1.03 bits per heavy atom. The van der Waals surface area contributed by atoms with E-state index in [9.17, 15) is 5.26 Å². The third-order valence-corrected chi connectivity index (χ3v) is 6.49. The molecule has 0 radical (unpaired) electrons. The van der Waals surface area contributed by atoms with Crippen LogP contribution in [0.5, 0.6) is 5.75 Å². The maximum Gasteiger partial charge on any atom is 0.228 e. The van der Waals surface area contributed by atoms with Crippen LogP contribution in [0.4, 0.5) is 17.6 Å². The number of piperazine rings is 1. The van der Waals surface area contributed by atoms with E-state index >= 15 is 0 Å². The van der Waals surface area contributed by atoms with E-state index in [-0.39, 0.29) is 6.04 Å². The van der Waals surface area contributed by atoms with Crippen molar-refractivity contribution < 1.29 is 9.47 Å². The van der Waals surface area contributed by atoms with E-state index in [2.05, 4.69) is 38.7 Å². The molecule has 5 rings (SSSR count). The fourth-order valence-electron chi connectivity index (χ4n) is 4.63. The molecule has 1 atom stereocenters. The molecule has 2 aliphatic heterocycles. The van der Waals surface area contributed by atoms with Gasteiger partial charge in [0.1, 0.15) is 23.5 Å². The van der Waals surface area contributed by atoms with E-state index in [1.807, 2.05) is 30.3 Å². The van der Waals surface area contributed by atoms with Crippen LogP contribution in [0.15, 0.2) is 48.7 Å². The molecule has 180 valence electrons. The molecule has 2 fully saturated rings. The highest BCUT2D eigenvalue weighted by molar-refractivity contribution is 5.67. The monoisotopic (exact) mass is 471 g/mol. The molecule has 0 aliphatic carbocycles. The second kappa shape index (κ2) is 10.2. The van der Waals surface area contributed by atoms with Crippen molar-refractivity contribution in [1.29, 1.82) is 5.26 Å². The molecule has 9 heteroatoms. The summed E-state index contributed by atoms with van der Waals surface area (Å²) in [6.07, 6.45) is 1.74. The van der Waals surface area contributed by atoms with Gasteiger partial charge >= 0.3 is 0 Å². The number of benzene rings is 1. The molecular weight excluding hydrogens is 442 g/mol. The molecule has 1 aromatic carbocycles. The predicted octanol–water partition coefficient (Wildman–Crippen LogP) is 2.97. The molecule has 0 spiro atoms. The zero-order valence-corrected chi connectivity index (χ0v) is 20.1. The molecule has 4 heterocycles. The lowest BCUT2D eigenvalue weighted by Gasteiger charge is -2.41. The molecule has 35 heavy (non-hydrogen) atoms. The van der Waals surface area contributed by atoms with Crippen LogP contribution in [0.25, 0.3) is 11.3 Å². The first-order valence-electron chi connectivity index (χ1n) is 11.9. The summed E-state index contributed by atoms with van der Waals surface area (Å²) in [5.41, 5.74) is 2.45. The molecule has 0 bridgehead atoms. The third-order valence-electron chi connectivity index (χ3n) is 6.49. The third kappa shape index (κ3) is 4.84. The Balaban J connectivity index is 1.47. The van der Waals surface area contributed by atoms with Gasteiger partial charge in [0.05, 0.1) is 31.6 Å². The molecule has 9 nitrogen and oxygen atoms in total. The van der Waals surface area contributed by atoms with Gasteiger partial charge in [0.25, 0.3) is 0 Å². The molecule has 2 aromatic heterocycles. The predicted molar refractivity (Wildman–Crippen MR) is 135 cm³/mol. The van der Waals surface area contributed by atoms with Gasteiger partial charge in [-0.05, 0) is 31.2 Å². The molecule has 0 amide bonds. The Morgan fingerprint density at radius 3 is 2.66 bits per heavy atom. The summed E-state index contributed by atoms with van der Waals surface area (Å²) < 4.78 is 11.0. The molecule has 0 N–H and O–H groups in total. The summed E-state index contributed by atoms with van der Waals surface area (Å²) in [6, 6.07) is 16.1. The second-order valence-electron chi connectivity index (χ2n) is 8.72. The highest BCUT2D eigenvalue weighted by Gasteiger charge is 2.28. The molecular formula is C26H29N7O2. The molecule has 3 aromatic rings. The van der Waals surface area contributed by atoms with Crippen molar-refractivity contribution in [3.8, 4) is 23.1 Å². The van der Waals surface area contributed by atoms with Gasteiger partial charge in [-0.25, -0.2) is 9.97 Å². The lowest BCUT2D eigenvalue weighted by molar-refractivity contribution is 0.122. The van der Waals surface area contributed by atoms with Crippen molar-refractivity contribution in [2.24, 2.45) is 0 Å². The molecule has 0 unspecified atom stereocenters. The lowest BCUT2D eigenvalue weighted by Crippen LogP contribution is -2.53. The normalized spacial score (nSPS) is 18.3. The summed E-state index contributed by atoms with van der Waals surface area (Å²) >= 11 is 0. The summed E-state index contributed by atoms with van der Waals surface area (Å²) in [7, 11) is 1.67. The summed E-state index contributed by atoms with van der Waals surface area (Å²) in [4.78, 5) is 21.1. The lowest BCUT2D eigenvalue weighted by atomic mass is 10.1. The minimum absolute atomic E-state index is 0.169. The van der Waals surface area contributed by atoms with Crippen LogP contribution in [0.2, 0.25) is 0 Å². The number of pyridine rings is 1. The van der Waals surface area contributed by atoms with Gasteiger partial charge < -0.3 is 24.2 Å². The van der Waals surface area contributed by atoms with E-state index in [0.717, 1.165) is 67.3 Å². The zero-order valence-electron chi connectivity index (χ0n) is 20.1. The number of morpholine rings is 1. The van der Waals surface area contributed by atoms with Crippen molar-refractivity contribution in [1.82, 2.24) is 15.0 Å². The van der Waals surface area contributed by atoms with Crippen LogP contribution in [0, 0.1) is 11.3 Å². The fourth-order valence-corrected chi connectivity index (χ4v) is 4.63. The van der Waals surface area contributed by atoms with Gasteiger partial charge in [-0.2, -0.15) is 10.2 Å². The SMILES string of the molecule is COc1cccc(-c2cc(N3CCN(c4ncccc4C#N)C[C@H]3C)nc(N3CCOCC3)n2)c1. The van der Waals surface area contributed by atoms with Gasteiger partial charge in [-0.15, -0.1) is 0 Å². The largest absolute Gasteiger partial charge is 0.497 e. The number of rotatable bonds is 5. The van der Waals surface area contributed by atoms with E-state index < -0.39 is 0 Å². The van der Waals surface area contributed by atoms with Crippen molar-refractivity contribution in [3.05, 3.63) is 54.2 Å². The number of ether oxygens (including phenoxy) is 2. The first-order valence-corrected chi connectivity index (χ1v) is 11.9. The molecule has 2 saturated heterocycles. The van der Waals surface area contributed by atoms with E-state index in [1.165, 1.54) is 0 Å². The average Bonchev–Trinajstić information content (AvgIpc) is 2.93. The number of anilines is 3. The van der Waals surface area contributed by atoms with Crippen molar-refractivity contribution in [3.63, 3.8) is 0 Å². The van der Waals surface area contributed by atoms with Gasteiger partial charge in [-0.3, -0.25) is 0 Å². The Labute approximate surface area is 205 Å². The minimum Gasteiger partial charge on any atom is -0.497 e. The maximum atomic E-state index is 9.51. The van der Waals surface area contributed by atoms with Gasteiger partial charge in [-0.1, -0.05) is 12.1 Å². The van der Waals surface area contributed by atoms with Crippen LogP contribution in [-0.2, 0) is 4.74 Å². The first kappa shape index (κ1) is 22.9. The number of hydrogen-bond donors (Lipinski definition) is 0. The number of nitrogens with zero attached hydrogens (tertiary/aromatic N) is 7. The van der Waals surface area contributed by atoms with Crippen molar-refractivity contribution >= 4 is 17.6 Å². The number of hydrogen-bond acceptors (Lipinski definition) is 9. The van der Waals surface area contributed by atoms with Crippen LogP contribution in [-0.4, -0.2) is 74.0 Å². The maximum absolute atomic E-state index is 9.51. The Morgan fingerprint density at radius 2 is 1.89 bits per heavy atom. The van der Waals surface area contributed by atoms with E-state index in [1.54, 1.807) is 19.4 Å². The topological polar surface area (TPSA) is 90.6 Å². The fraction of sp³-hybridized carbons (Fsp3) is 0.385. The quantitative estimate of drug-likeness (QED) is 0.557. The summed E-state index contributed by atoms with van der Waals surface area (Å²) in [5, 5.41) is 9.51. The van der Waals surface area contributed by atoms with Crippen molar-refractivity contribution in [2.45, 2.75) is 13.0 Å². The Bertz CT molecular complexity index is 1220. The summed E-state index contributed by atoms with van der Waals surface area (Å²) in [5.74, 6) is 3.15. The van der Waals surface area contributed by atoms with E-state index in [0.29, 0.717) is 18.8 Å². The van der Waals surface area contributed by atoms with Crippen LogP contribution in [0.1, 0.15) is 12.5 Å². The average molecular weight is 472 g/mol. The van der Waals surface area contributed by atoms with Gasteiger partial charge in [0, 0.05) is 56.6 Å². The highest BCUT2D eigenvalue weighted by atomic mass is 16.5. The summed E-state index contributed by atoms with van der Waals surface area (Å²) in [6.45, 7) is 7.31. The number of aromatic nitrogens is 3. The highest BCUT2D eigenvalue weighted by Crippen LogP contribution is 2.30. The standard InChI is InChI=1S/C26H29N7O2/c1-19-18-32(25-21(17-27)6-4-8-28-25)9-10-33(19)24-16-23(20-5-3-7-22(15-20)34-2)29-26(30-24)31-11-13-35-14-12-31/h3-8,15-16,19H,9-14,18H2,1-2H3/t19-/m1/s1. The van der Waals surface area contributed by atoms with Crippen molar-refractivity contribution in [2.75, 3.05) is 67.7 Å². The van der Waals surface area contributed by atoms with Crippen LogP contribution >= 0.6 is 0 Å². The second-order valence-corrected chi connectivity index (χ2v) is 8.72. The Hall–Kier alpha value is -3.90. The minimum atomic E-state index is 0.169. The zero-order chi connectivity index (χ0) is 24.2. The molecule has 0 saturated carbocycles. The van der Waals surface area contributed by atoms with Crippen LogP contribution < -0.4 is 19.4 Å². The van der Waals surface area contributed by atoms with Gasteiger partial charge in [0.2, 0.25) is 5.95 Å². The smallest absolute Gasteiger partial charge is 0.228 e. The van der Waals surface area contributed by atoms with Gasteiger partial charge in [0.15, 0.2) is 0 Å².